The van der Waals surface area contributed by atoms with Gasteiger partial charge in [-0.25, -0.2) is 8.42 Å². The lowest BCUT2D eigenvalue weighted by molar-refractivity contribution is 0.100. The molecule has 0 radical (unpaired) electrons. The lowest BCUT2D eigenvalue weighted by Crippen LogP contribution is -2.36. The Morgan fingerprint density at radius 2 is 1.73 bits per heavy atom. The van der Waals surface area contributed by atoms with E-state index in [0.29, 0.717) is 17.8 Å². The third-order valence-corrected chi connectivity index (χ3v) is 6.86. The van der Waals surface area contributed by atoms with Crippen LogP contribution in [0.4, 0.5) is 5.69 Å². The van der Waals surface area contributed by atoms with Crippen LogP contribution >= 0.6 is 0 Å². The molecule has 0 aliphatic heterocycles. The highest BCUT2D eigenvalue weighted by Gasteiger charge is 2.28. The molecule has 0 aliphatic rings. The Hall–Kier alpha value is -3.12. The van der Waals surface area contributed by atoms with Crippen molar-refractivity contribution in [3.05, 3.63) is 95.8 Å². The third-order valence-electron chi connectivity index (χ3n) is 5.09. The molecule has 0 unspecified atom stereocenters. The number of rotatable bonds is 8. The monoisotopic (exact) mass is 422 g/mol. The number of aryl methyl sites for hydroxylation is 2. The molecule has 0 saturated carbocycles. The van der Waals surface area contributed by atoms with E-state index in [2.05, 4.69) is 6.58 Å². The first-order valence-electron chi connectivity index (χ1n) is 9.71. The average molecular weight is 423 g/mol. The van der Waals surface area contributed by atoms with Crippen molar-refractivity contribution in [3.63, 3.8) is 0 Å². The largest absolute Gasteiger partial charge is 0.345 e. The van der Waals surface area contributed by atoms with Gasteiger partial charge in [0.25, 0.3) is 10.0 Å². The van der Waals surface area contributed by atoms with Crippen molar-refractivity contribution in [2.24, 2.45) is 0 Å². The van der Waals surface area contributed by atoms with Crippen molar-refractivity contribution in [3.8, 4) is 0 Å². The number of nitrogens with zero attached hydrogens (tertiary/aromatic N) is 2. The Labute approximate surface area is 178 Å². The van der Waals surface area contributed by atoms with Crippen LogP contribution in [0.1, 0.15) is 27.3 Å². The van der Waals surface area contributed by atoms with E-state index >= 15 is 0 Å². The summed E-state index contributed by atoms with van der Waals surface area (Å²) < 4.78 is 30.1. The normalized spacial score (nSPS) is 11.3. The van der Waals surface area contributed by atoms with E-state index in [0.717, 1.165) is 17.0 Å². The summed E-state index contributed by atoms with van der Waals surface area (Å²) in [6.45, 7) is 9.70. The predicted octanol–water partition coefficient (Wildman–Crippen LogP) is 4.68. The Bertz CT molecular complexity index is 1180. The molecule has 5 nitrogen and oxygen atoms in total. The maximum atomic E-state index is 13.5. The number of carbonyl (C=O) groups excluding carboxylic acids is 1. The summed E-state index contributed by atoms with van der Waals surface area (Å²) in [6.07, 6.45) is 1.77. The highest BCUT2D eigenvalue weighted by Crippen LogP contribution is 2.25. The van der Waals surface area contributed by atoms with Crippen LogP contribution in [0, 0.1) is 20.8 Å². The van der Waals surface area contributed by atoms with Crippen molar-refractivity contribution < 1.29 is 13.2 Å². The van der Waals surface area contributed by atoms with E-state index < -0.39 is 10.0 Å². The quantitative estimate of drug-likeness (QED) is 0.391. The van der Waals surface area contributed by atoms with Crippen LogP contribution in [0.15, 0.2) is 78.2 Å². The highest BCUT2D eigenvalue weighted by atomic mass is 32.2. The number of hydrogen-bond donors (Lipinski definition) is 0. The first-order valence-corrected chi connectivity index (χ1v) is 11.1. The van der Waals surface area contributed by atoms with Gasteiger partial charge in [0.15, 0.2) is 5.78 Å². The number of Topliss-reactive ketones (excluding diaryl/α,β-unsaturated/α-hetero) is 1. The van der Waals surface area contributed by atoms with Gasteiger partial charge < -0.3 is 4.57 Å². The van der Waals surface area contributed by atoms with Crippen molar-refractivity contribution in [1.29, 1.82) is 0 Å². The van der Waals surface area contributed by atoms with Gasteiger partial charge in [-0.05, 0) is 56.7 Å². The molecular formula is C24H26N2O3S. The molecule has 1 heterocycles. The van der Waals surface area contributed by atoms with E-state index in [-0.39, 0.29) is 17.2 Å². The zero-order valence-corrected chi connectivity index (χ0v) is 18.3. The van der Waals surface area contributed by atoms with Gasteiger partial charge in [-0.2, -0.15) is 0 Å². The summed E-state index contributed by atoms with van der Waals surface area (Å²) in [6, 6.07) is 17.2. The second-order valence-corrected chi connectivity index (χ2v) is 9.13. The summed E-state index contributed by atoms with van der Waals surface area (Å²) in [4.78, 5) is 13.4. The molecule has 0 bridgehead atoms. The van der Waals surface area contributed by atoms with Gasteiger partial charge in [-0.3, -0.25) is 9.10 Å². The maximum Gasteiger partial charge on any atom is 0.264 e. The molecule has 2 aromatic carbocycles. The molecule has 3 aromatic rings. The van der Waals surface area contributed by atoms with Crippen LogP contribution in [0.25, 0.3) is 0 Å². The molecule has 1 aromatic heterocycles. The van der Waals surface area contributed by atoms with E-state index in [1.165, 1.54) is 4.31 Å². The summed E-state index contributed by atoms with van der Waals surface area (Å²) in [5, 5.41) is 0. The molecule has 0 amide bonds. The van der Waals surface area contributed by atoms with Crippen LogP contribution in [0.5, 0.6) is 0 Å². The Balaban J connectivity index is 2.04. The summed E-state index contributed by atoms with van der Waals surface area (Å²) >= 11 is 0. The van der Waals surface area contributed by atoms with Crippen LogP contribution < -0.4 is 4.31 Å². The highest BCUT2D eigenvalue weighted by molar-refractivity contribution is 7.92. The van der Waals surface area contributed by atoms with E-state index in [1.54, 1.807) is 48.5 Å². The predicted molar refractivity (Wildman–Crippen MR) is 121 cm³/mol. The fourth-order valence-corrected chi connectivity index (χ4v) is 5.05. The van der Waals surface area contributed by atoms with Crippen molar-refractivity contribution >= 4 is 21.5 Å². The second-order valence-electron chi connectivity index (χ2n) is 7.27. The van der Waals surface area contributed by atoms with E-state index in [4.69, 9.17) is 0 Å². The number of benzene rings is 2. The van der Waals surface area contributed by atoms with Crippen LogP contribution in [-0.2, 0) is 16.6 Å². The molecule has 0 spiro atoms. The third kappa shape index (κ3) is 4.24. The Morgan fingerprint density at radius 1 is 1.03 bits per heavy atom. The zero-order valence-electron chi connectivity index (χ0n) is 17.5. The lowest BCUT2D eigenvalue weighted by Gasteiger charge is -2.24. The number of hydrogen-bond acceptors (Lipinski definition) is 3. The number of anilines is 1. The number of allylic oxidation sites excluding steroid dienone is 1. The van der Waals surface area contributed by atoms with Gasteiger partial charge in [0.1, 0.15) is 0 Å². The minimum absolute atomic E-state index is 0.163. The molecule has 0 N–H and O–H groups in total. The standard InChI is InChI=1S/C24H26N2O3S/c1-5-14-25-19(3)16-23(20(25)4)24(27)17-26(21-11-7-6-8-12-21)30(28,29)22-13-9-10-18(2)15-22/h5-13,15-16H,1,14,17H2,2-4H3. The number of ketones is 1. The zero-order chi connectivity index (χ0) is 21.9. The van der Waals surface area contributed by atoms with E-state index in [1.807, 2.05) is 43.5 Å². The molecule has 0 atom stereocenters. The molecular weight excluding hydrogens is 396 g/mol. The average Bonchev–Trinajstić information content (AvgIpc) is 3.01. The van der Waals surface area contributed by atoms with Crippen LogP contribution in [0.3, 0.4) is 0 Å². The minimum atomic E-state index is -3.92. The van der Waals surface area contributed by atoms with Gasteiger partial charge in [0, 0.05) is 23.5 Å². The summed E-state index contributed by atoms with van der Waals surface area (Å²) in [7, 11) is -3.92. The summed E-state index contributed by atoms with van der Waals surface area (Å²) in [5.41, 5.74) is 3.55. The number of para-hydroxylation sites is 1. The second kappa shape index (κ2) is 8.71. The molecule has 156 valence electrons. The summed E-state index contributed by atoms with van der Waals surface area (Å²) in [5.74, 6) is -0.251. The fourth-order valence-electron chi connectivity index (χ4n) is 3.52. The van der Waals surface area contributed by atoms with Gasteiger partial charge in [-0.15, -0.1) is 6.58 Å². The molecule has 0 fully saturated rings. The van der Waals surface area contributed by atoms with Crippen molar-refractivity contribution in [2.75, 3.05) is 10.8 Å². The van der Waals surface area contributed by atoms with Crippen molar-refractivity contribution in [2.45, 2.75) is 32.2 Å². The van der Waals surface area contributed by atoms with Crippen LogP contribution in [0.2, 0.25) is 0 Å². The molecule has 6 heteroatoms. The van der Waals surface area contributed by atoms with Gasteiger partial charge in [0.05, 0.1) is 17.1 Å². The van der Waals surface area contributed by atoms with Gasteiger partial charge in [0.2, 0.25) is 0 Å². The first-order chi connectivity index (χ1) is 14.3. The van der Waals surface area contributed by atoms with Gasteiger partial charge >= 0.3 is 0 Å². The number of aromatic nitrogens is 1. The van der Waals surface area contributed by atoms with Gasteiger partial charge in [-0.1, -0.05) is 36.4 Å². The maximum absolute atomic E-state index is 13.5. The first kappa shape index (κ1) is 21.6. The molecule has 3 rings (SSSR count). The lowest BCUT2D eigenvalue weighted by atomic mass is 10.1. The SMILES string of the molecule is C=CCn1c(C)cc(C(=O)CN(c2ccccc2)S(=O)(=O)c2cccc(C)c2)c1C. The Morgan fingerprint density at radius 3 is 2.37 bits per heavy atom. The van der Waals surface area contributed by atoms with E-state index in [9.17, 15) is 13.2 Å². The molecule has 0 aliphatic carbocycles. The minimum Gasteiger partial charge on any atom is -0.345 e. The molecule has 30 heavy (non-hydrogen) atoms. The van der Waals surface area contributed by atoms with Crippen molar-refractivity contribution in [1.82, 2.24) is 4.57 Å². The number of carbonyl (C=O) groups is 1. The Kier molecular flexibility index (Phi) is 6.27. The smallest absolute Gasteiger partial charge is 0.264 e. The topological polar surface area (TPSA) is 59.4 Å². The fraction of sp³-hybridized carbons (Fsp3) is 0.208. The number of sulfonamides is 1. The molecule has 0 saturated heterocycles. The van der Waals surface area contributed by atoms with Crippen LogP contribution in [-0.4, -0.2) is 25.3 Å².